The molecule has 2 aromatic rings. The molecule has 1 heterocycles. The quantitative estimate of drug-likeness (QED) is 0.621. The van der Waals surface area contributed by atoms with Crippen LogP contribution in [0.1, 0.15) is 73.0 Å². The Morgan fingerprint density at radius 3 is 2.11 bits per heavy atom. The van der Waals surface area contributed by atoms with Crippen molar-refractivity contribution in [1.29, 1.82) is 0 Å². The van der Waals surface area contributed by atoms with Crippen molar-refractivity contribution in [2.75, 3.05) is 26.2 Å². The Morgan fingerprint density at radius 1 is 0.861 bits per heavy atom. The van der Waals surface area contributed by atoms with Gasteiger partial charge in [0, 0.05) is 37.8 Å². The largest absolute Gasteiger partial charge is 0.368 e. The highest BCUT2D eigenvalue weighted by atomic mass is 16.2. The summed E-state index contributed by atoms with van der Waals surface area (Å²) in [6.45, 7) is 7.05. The zero-order valence-electron chi connectivity index (χ0n) is 21.4. The number of hydrogen-bond donors (Lipinski definition) is 2. The first-order valence-electron chi connectivity index (χ1n) is 13.1. The third-order valence-corrected chi connectivity index (χ3v) is 7.67. The number of piperazine rings is 1. The highest BCUT2D eigenvalue weighted by Crippen LogP contribution is 2.30. The minimum Gasteiger partial charge on any atom is -0.368 e. The maximum absolute atomic E-state index is 13.4. The fourth-order valence-corrected chi connectivity index (χ4v) is 5.52. The van der Waals surface area contributed by atoms with Crippen LogP contribution in [0.5, 0.6) is 0 Å². The lowest BCUT2D eigenvalue weighted by molar-refractivity contribution is -0.133. The topological polar surface area (TPSA) is 95.7 Å². The zero-order chi connectivity index (χ0) is 25.7. The molecule has 1 saturated carbocycles. The van der Waals surface area contributed by atoms with Crippen molar-refractivity contribution in [3.63, 3.8) is 0 Å². The summed E-state index contributed by atoms with van der Waals surface area (Å²) in [6.07, 6.45) is 3.80. The molecule has 1 aliphatic carbocycles. The van der Waals surface area contributed by atoms with Crippen molar-refractivity contribution < 1.29 is 14.4 Å². The van der Waals surface area contributed by atoms with Gasteiger partial charge in [0.15, 0.2) is 0 Å². The number of benzene rings is 2. The smallest absolute Gasteiger partial charge is 0.253 e. The van der Waals surface area contributed by atoms with Crippen molar-refractivity contribution in [3.8, 4) is 0 Å². The molecule has 192 valence electrons. The summed E-state index contributed by atoms with van der Waals surface area (Å²) in [5, 5.41) is 2.93. The fourth-order valence-electron chi connectivity index (χ4n) is 5.52. The zero-order valence-corrected chi connectivity index (χ0v) is 21.4. The summed E-state index contributed by atoms with van der Waals surface area (Å²) in [4.78, 5) is 42.8. The van der Waals surface area contributed by atoms with Gasteiger partial charge in [0.1, 0.15) is 6.04 Å². The highest BCUT2D eigenvalue weighted by molar-refractivity contribution is 5.94. The number of carbonyl (C=O) groups is 3. The lowest BCUT2D eigenvalue weighted by Crippen LogP contribution is -2.56. The van der Waals surface area contributed by atoms with Gasteiger partial charge in [-0.1, -0.05) is 69.2 Å². The second-order valence-electron chi connectivity index (χ2n) is 10.3. The van der Waals surface area contributed by atoms with E-state index in [4.69, 9.17) is 5.73 Å². The predicted octanol–water partition coefficient (Wildman–Crippen LogP) is 3.47. The number of carbonyl (C=O) groups excluding carboxylic acids is 3. The number of nitrogens with one attached hydrogen (secondary N) is 1. The Labute approximate surface area is 214 Å². The van der Waals surface area contributed by atoms with Gasteiger partial charge in [0.25, 0.3) is 5.91 Å². The van der Waals surface area contributed by atoms with Gasteiger partial charge in [-0.15, -0.1) is 0 Å². The maximum Gasteiger partial charge on any atom is 0.253 e. The molecule has 1 saturated heterocycles. The van der Waals surface area contributed by atoms with E-state index in [2.05, 4.69) is 24.1 Å². The molecule has 0 spiro atoms. The highest BCUT2D eigenvalue weighted by Gasteiger charge is 2.38. The molecule has 36 heavy (non-hydrogen) atoms. The lowest BCUT2D eigenvalue weighted by atomic mass is 9.82. The van der Waals surface area contributed by atoms with Crippen LogP contribution >= 0.6 is 0 Å². The third kappa shape index (κ3) is 5.95. The van der Waals surface area contributed by atoms with Crippen molar-refractivity contribution in [1.82, 2.24) is 15.1 Å². The second-order valence-corrected chi connectivity index (χ2v) is 10.3. The summed E-state index contributed by atoms with van der Waals surface area (Å²) >= 11 is 0. The first kappa shape index (κ1) is 25.9. The van der Waals surface area contributed by atoms with Crippen LogP contribution < -0.4 is 11.1 Å². The Hall–Kier alpha value is -3.19. The van der Waals surface area contributed by atoms with Gasteiger partial charge in [0.2, 0.25) is 11.8 Å². The van der Waals surface area contributed by atoms with Crippen LogP contribution in [0.2, 0.25) is 0 Å². The van der Waals surface area contributed by atoms with E-state index in [-0.39, 0.29) is 23.8 Å². The first-order valence-corrected chi connectivity index (χ1v) is 13.1. The summed E-state index contributed by atoms with van der Waals surface area (Å²) in [7, 11) is 0. The fraction of sp³-hybridized carbons (Fsp3) is 0.483. The molecule has 7 heteroatoms. The molecule has 1 aliphatic heterocycles. The van der Waals surface area contributed by atoms with E-state index in [0.717, 1.165) is 44.3 Å². The molecule has 0 unspecified atom stereocenters. The second kappa shape index (κ2) is 11.7. The van der Waals surface area contributed by atoms with E-state index in [1.807, 2.05) is 47.4 Å². The Balaban J connectivity index is 1.38. The molecule has 3 amide bonds. The van der Waals surface area contributed by atoms with Gasteiger partial charge >= 0.3 is 0 Å². The molecule has 4 rings (SSSR count). The van der Waals surface area contributed by atoms with Crippen molar-refractivity contribution in [2.24, 2.45) is 11.7 Å². The number of nitrogens with zero attached hydrogens (tertiary/aromatic N) is 2. The van der Waals surface area contributed by atoms with Crippen LogP contribution in [-0.2, 0) is 9.59 Å². The Kier molecular flexibility index (Phi) is 8.41. The molecule has 3 N–H and O–H groups in total. The number of hydrogen-bond acceptors (Lipinski definition) is 4. The van der Waals surface area contributed by atoms with Crippen molar-refractivity contribution >= 4 is 17.7 Å². The maximum atomic E-state index is 13.4. The SMILES string of the molecule is CC(C)c1ccc(C(=O)N2CCN([C@@H]3CCCC[C@H]3C(=O)N[C@H](C(N)=O)c3ccccc3)CC2)cc1. The van der Waals surface area contributed by atoms with Gasteiger partial charge in [-0.2, -0.15) is 0 Å². The van der Waals surface area contributed by atoms with Gasteiger partial charge in [0.05, 0.1) is 5.92 Å². The molecule has 2 aromatic carbocycles. The van der Waals surface area contributed by atoms with Crippen LogP contribution in [0, 0.1) is 5.92 Å². The minimum atomic E-state index is -0.835. The molecule has 0 bridgehead atoms. The molecule has 0 radical (unpaired) electrons. The summed E-state index contributed by atoms with van der Waals surface area (Å²) in [6, 6.07) is 16.3. The molecule has 7 nitrogen and oxygen atoms in total. The lowest BCUT2D eigenvalue weighted by Gasteiger charge is -2.44. The Bertz CT molecular complexity index is 1050. The summed E-state index contributed by atoms with van der Waals surface area (Å²) < 4.78 is 0. The van der Waals surface area contributed by atoms with Crippen LogP contribution in [0.3, 0.4) is 0 Å². The van der Waals surface area contributed by atoms with Crippen LogP contribution in [0.4, 0.5) is 0 Å². The summed E-state index contributed by atoms with van der Waals surface area (Å²) in [5.41, 5.74) is 8.28. The number of rotatable bonds is 7. The average molecular weight is 491 g/mol. The number of primary amides is 1. The van der Waals surface area contributed by atoms with Crippen molar-refractivity contribution in [3.05, 3.63) is 71.3 Å². The third-order valence-electron chi connectivity index (χ3n) is 7.67. The summed E-state index contributed by atoms with van der Waals surface area (Å²) in [5.74, 6) is -0.374. The molecule has 3 atom stereocenters. The van der Waals surface area contributed by atoms with Crippen LogP contribution in [0.25, 0.3) is 0 Å². The van der Waals surface area contributed by atoms with E-state index in [1.54, 1.807) is 12.1 Å². The van der Waals surface area contributed by atoms with Gasteiger partial charge in [-0.3, -0.25) is 19.3 Å². The number of nitrogens with two attached hydrogens (primary N) is 1. The van der Waals surface area contributed by atoms with Crippen LogP contribution in [0.15, 0.2) is 54.6 Å². The predicted molar refractivity (Wildman–Crippen MR) is 140 cm³/mol. The normalized spacial score (nSPS) is 21.7. The molecular formula is C29H38N4O3. The van der Waals surface area contributed by atoms with E-state index in [0.29, 0.717) is 24.6 Å². The molecule has 0 aromatic heterocycles. The Morgan fingerprint density at radius 2 is 1.50 bits per heavy atom. The number of amides is 3. The molecular weight excluding hydrogens is 452 g/mol. The monoisotopic (exact) mass is 490 g/mol. The minimum absolute atomic E-state index is 0.0649. The molecule has 2 fully saturated rings. The van der Waals surface area contributed by atoms with E-state index < -0.39 is 11.9 Å². The standard InChI is InChI=1S/C29H38N4O3/c1-20(2)21-12-14-23(15-13-21)29(36)33-18-16-32(17-19-33)25-11-7-6-10-24(25)28(35)31-26(27(30)34)22-8-4-3-5-9-22/h3-5,8-9,12-15,20,24-26H,6-7,10-11,16-19H2,1-2H3,(H2,30,34)(H,31,35)/t24-,25-,26+/m1/s1. The van der Waals surface area contributed by atoms with Gasteiger partial charge < -0.3 is 16.0 Å². The van der Waals surface area contributed by atoms with E-state index >= 15 is 0 Å². The van der Waals surface area contributed by atoms with Gasteiger partial charge in [-0.25, -0.2) is 0 Å². The average Bonchev–Trinajstić information content (AvgIpc) is 2.91. The van der Waals surface area contributed by atoms with Gasteiger partial charge in [-0.05, 0) is 42.0 Å². The van der Waals surface area contributed by atoms with Crippen molar-refractivity contribution in [2.45, 2.75) is 57.5 Å². The van der Waals surface area contributed by atoms with E-state index in [9.17, 15) is 14.4 Å². The molecule has 2 aliphatic rings. The van der Waals surface area contributed by atoms with E-state index in [1.165, 1.54) is 5.56 Å². The van der Waals surface area contributed by atoms with Crippen LogP contribution in [-0.4, -0.2) is 59.7 Å². The first-order chi connectivity index (χ1) is 17.3.